The zero-order chi connectivity index (χ0) is 10.7. The summed E-state index contributed by atoms with van der Waals surface area (Å²) in [5.74, 6) is 0.358. The lowest BCUT2D eigenvalue weighted by molar-refractivity contribution is 0.706. The highest BCUT2D eigenvalue weighted by Crippen LogP contribution is 2.06. The minimum absolute atomic E-state index is 0.239. The van der Waals surface area contributed by atoms with E-state index in [1.807, 2.05) is 18.2 Å². The molecule has 1 heterocycles. The van der Waals surface area contributed by atoms with E-state index in [1.54, 1.807) is 19.2 Å². The number of nitrogens with zero attached hydrogens (tertiary/aromatic N) is 5. The molecule has 0 fully saturated rings. The first kappa shape index (κ1) is 9.32. The average Bonchev–Trinajstić information content (AvgIpc) is 2.68. The van der Waals surface area contributed by atoms with Gasteiger partial charge in [0.05, 0.1) is 0 Å². The molecule has 1 aromatic carbocycles. The van der Waals surface area contributed by atoms with Gasteiger partial charge in [-0.2, -0.15) is 0 Å². The van der Waals surface area contributed by atoms with Crippen LogP contribution in [0.1, 0.15) is 11.4 Å². The summed E-state index contributed by atoms with van der Waals surface area (Å²) >= 11 is 0. The van der Waals surface area contributed by atoms with Crippen molar-refractivity contribution in [1.29, 1.82) is 0 Å². The Morgan fingerprint density at radius 2 is 2.07 bits per heavy atom. The summed E-state index contributed by atoms with van der Waals surface area (Å²) in [5.41, 5.74) is 0.938. The van der Waals surface area contributed by atoms with Crippen LogP contribution >= 0.6 is 0 Å². The third-order valence-corrected chi connectivity index (χ3v) is 1.97. The van der Waals surface area contributed by atoms with E-state index in [4.69, 9.17) is 0 Å². The molecule has 0 bridgehead atoms. The molecule has 15 heavy (non-hydrogen) atoms. The number of benzene rings is 1. The molecule has 0 aliphatic heterocycles. The molecule has 2 aromatic rings. The third kappa shape index (κ3) is 1.69. The van der Waals surface area contributed by atoms with E-state index >= 15 is 0 Å². The van der Waals surface area contributed by atoms with Gasteiger partial charge in [0.1, 0.15) is 5.71 Å². The molecule has 76 valence electrons. The molecule has 0 N–H and O–H groups in total. The van der Waals surface area contributed by atoms with Crippen molar-refractivity contribution in [2.75, 3.05) is 0 Å². The van der Waals surface area contributed by atoms with E-state index in [2.05, 4.69) is 20.7 Å². The maximum atomic E-state index is 10.8. The lowest BCUT2D eigenvalue weighted by Gasteiger charge is -2.06. The summed E-state index contributed by atoms with van der Waals surface area (Å²) < 4.78 is 1.41. The largest absolute Gasteiger partial charge is 0.791 e. The number of tetrazole rings is 1. The second-order valence-corrected chi connectivity index (χ2v) is 2.93. The highest BCUT2D eigenvalue weighted by Gasteiger charge is 2.11. The van der Waals surface area contributed by atoms with Crippen molar-refractivity contribution in [2.24, 2.45) is 12.2 Å². The van der Waals surface area contributed by atoms with Gasteiger partial charge < -0.3 is 10.4 Å². The van der Waals surface area contributed by atoms with Crippen LogP contribution in [0.25, 0.3) is 0 Å². The zero-order valence-corrected chi connectivity index (χ0v) is 8.03. The Balaban J connectivity index is 2.48. The fraction of sp³-hybridized carbons (Fsp3) is 0.111. The Morgan fingerprint density at radius 1 is 1.33 bits per heavy atom. The molecular formula is C9H8N5O-. The van der Waals surface area contributed by atoms with Crippen molar-refractivity contribution in [3.63, 3.8) is 0 Å². The van der Waals surface area contributed by atoms with Gasteiger partial charge >= 0.3 is 0 Å². The molecule has 0 atom stereocenters. The normalized spacial score (nSPS) is 11.7. The second kappa shape index (κ2) is 3.87. The Kier molecular flexibility index (Phi) is 2.40. The second-order valence-electron chi connectivity index (χ2n) is 2.93. The molecular weight excluding hydrogens is 194 g/mol. The van der Waals surface area contributed by atoms with Crippen molar-refractivity contribution in [3.05, 3.63) is 46.9 Å². The van der Waals surface area contributed by atoms with Gasteiger partial charge in [-0.1, -0.05) is 30.3 Å². The van der Waals surface area contributed by atoms with Crippen molar-refractivity contribution in [3.8, 4) is 0 Å². The maximum Gasteiger partial charge on any atom is 0.200 e. The number of aromatic nitrogens is 4. The van der Waals surface area contributed by atoms with Crippen molar-refractivity contribution in [1.82, 2.24) is 20.2 Å². The smallest absolute Gasteiger partial charge is 0.200 e. The number of aryl methyl sites for hydroxylation is 1. The Hall–Kier alpha value is -2.24. The first-order chi connectivity index (χ1) is 7.33. The van der Waals surface area contributed by atoms with Crippen LogP contribution in [0, 0.1) is 5.21 Å². The molecule has 0 aliphatic carbocycles. The van der Waals surface area contributed by atoms with Gasteiger partial charge in [0.15, 0.2) is 5.82 Å². The predicted molar refractivity (Wildman–Crippen MR) is 54.2 cm³/mol. The van der Waals surface area contributed by atoms with Crippen LogP contribution in [-0.4, -0.2) is 25.9 Å². The molecule has 0 amide bonds. The Bertz CT molecular complexity index is 476. The van der Waals surface area contributed by atoms with E-state index in [1.165, 1.54) is 4.68 Å². The van der Waals surface area contributed by atoms with E-state index in [0.717, 1.165) is 0 Å². The van der Waals surface area contributed by atoms with Crippen LogP contribution in [0.5, 0.6) is 0 Å². The van der Waals surface area contributed by atoms with Gasteiger partial charge in [0.25, 0.3) is 0 Å². The van der Waals surface area contributed by atoms with Crippen LogP contribution in [0.3, 0.4) is 0 Å². The average molecular weight is 202 g/mol. The van der Waals surface area contributed by atoms with Crippen LogP contribution < -0.4 is 0 Å². The topological polar surface area (TPSA) is 79.0 Å². The summed E-state index contributed by atoms with van der Waals surface area (Å²) in [6, 6.07) is 9.08. The molecule has 0 spiro atoms. The van der Waals surface area contributed by atoms with Gasteiger partial charge in [-0.15, -0.1) is 5.10 Å². The van der Waals surface area contributed by atoms with E-state index in [-0.39, 0.29) is 5.71 Å². The Morgan fingerprint density at radius 3 is 2.60 bits per heavy atom. The lowest BCUT2D eigenvalue weighted by atomic mass is 10.1. The fourth-order valence-corrected chi connectivity index (χ4v) is 1.25. The van der Waals surface area contributed by atoms with Gasteiger partial charge in [0, 0.05) is 12.6 Å². The van der Waals surface area contributed by atoms with Gasteiger partial charge in [-0.05, 0) is 10.4 Å². The maximum absolute atomic E-state index is 10.8. The summed E-state index contributed by atoms with van der Waals surface area (Å²) in [6.45, 7) is 0. The summed E-state index contributed by atoms with van der Waals surface area (Å²) in [6.07, 6.45) is 0. The summed E-state index contributed by atoms with van der Waals surface area (Å²) in [7, 11) is 1.66. The molecule has 6 nitrogen and oxygen atoms in total. The van der Waals surface area contributed by atoms with Crippen LogP contribution in [0.4, 0.5) is 0 Å². The predicted octanol–water partition coefficient (Wildman–Crippen LogP) is 0.545. The van der Waals surface area contributed by atoms with Crippen molar-refractivity contribution < 1.29 is 0 Å². The molecule has 0 unspecified atom stereocenters. The van der Waals surface area contributed by atoms with E-state index in [9.17, 15) is 5.21 Å². The van der Waals surface area contributed by atoms with Gasteiger partial charge in [0.2, 0.25) is 0 Å². The quantitative estimate of drug-likeness (QED) is 0.526. The zero-order valence-electron chi connectivity index (χ0n) is 8.03. The Labute approximate surface area is 85.8 Å². The first-order valence-electron chi connectivity index (χ1n) is 4.31. The SMILES string of the molecule is Cn1nnnc1/C(=N/[O-])c1ccccc1. The van der Waals surface area contributed by atoms with Crippen LogP contribution in [0.15, 0.2) is 35.5 Å². The highest BCUT2D eigenvalue weighted by atomic mass is 16.4. The summed E-state index contributed by atoms with van der Waals surface area (Å²) in [4.78, 5) is 0. The first-order valence-corrected chi connectivity index (χ1v) is 4.31. The van der Waals surface area contributed by atoms with Crippen LogP contribution in [-0.2, 0) is 7.05 Å². The minimum Gasteiger partial charge on any atom is -0.791 e. The molecule has 0 saturated heterocycles. The van der Waals surface area contributed by atoms with Gasteiger partial charge in [-0.25, -0.2) is 4.68 Å². The molecule has 0 saturated carbocycles. The van der Waals surface area contributed by atoms with E-state index in [0.29, 0.717) is 11.4 Å². The number of hydrogen-bond donors (Lipinski definition) is 0. The van der Waals surface area contributed by atoms with Crippen molar-refractivity contribution in [2.45, 2.75) is 0 Å². The van der Waals surface area contributed by atoms with E-state index < -0.39 is 0 Å². The number of hydrogen-bond acceptors (Lipinski definition) is 5. The fourth-order valence-electron chi connectivity index (χ4n) is 1.25. The molecule has 2 rings (SSSR count). The minimum atomic E-state index is 0.239. The van der Waals surface area contributed by atoms with Crippen LogP contribution in [0.2, 0.25) is 0 Å². The number of rotatable bonds is 2. The molecule has 6 heteroatoms. The lowest BCUT2D eigenvalue weighted by Crippen LogP contribution is -2.10. The third-order valence-electron chi connectivity index (χ3n) is 1.97. The highest BCUT2D eigenvalue weighted by molar-refractivity contribution is 6.10. The molecule has 0 radical (unpaired) electrons. The van der Waals surface area contributed by atoms with Crippen molar-refractivity contribution >= 4 is 5.71 Å². The monoisotopic (exact) mass is 202 g/mol. The summed E-state index contributed by atoms with van der Waals surface area (Å²) in [5, 5.41) is 24.6. The molecule has 0 aliphatic rings. The molecule has 1 aromatic heterocycles. The standard InChI is InChI=1S/C9H9N5O/c1-14-9(10-12-13-14)8(11-15)7-5-3-2-4-6-7/h2-6,15H,1H3/p-1/b11-8+. The van der Waals surface area contributed by atoms with Gasteiger partial charge in [-0.3, -0.25) is 0 Å².